The van der Waals surface area contributed by atoms with Crippen molar-refractivity contribution in [2.24, 2.45) is 0 Å². The third kappa shape index (κ3) is 8.15. The lowest BCUT2D eigenvalue weighted by atomic mass is 10.1. The minimum absolute atomic E-state index is 0.0155. The molecule has 0 aliphatic heterocycles. The fourth-order valence-electron chi connectivity index (χ4n) is 4.26. The van der Waals surface area contributed by atoms with Crippen LogP contribution >= 0.6 is 23.2 Å². The Morgan fingerprint density at radius 1 is 0.976 bits per heavy atom. The summed E-state index contributed by atoms with van der Waals surface area (Å²) in [5, 5.41) is 3.22. The third-order valence-electron chi connectivity index (χ3n) is 6.39. The Kier molecular flexibility index (Phi) is 11.1. The van der Waals surface area contributed by atoms with Gasteiger partial charge in [-0.3, -0.25) is 13.9 Å². The topological polar surface area (TPSA) is 96.0 Å². The van der Waals surface area contributed by atoms with Crippen molar-refractivity contribution in [3.63, 3.8) is 0 Å². The molecule has 0 bridgehead atoms. The van der Waals surface area contributed by atoms with Gasteiger partial charge in [0, 0.05) is 17.6 Å². The standard InChI is InChI=1S/C30H35Cl2N3O5S/c1-6-27(30(37)33-20(2)3)34(18-22-9-12-24(40-5)13-10-22)29(36)19-35(28-17-23(31)11-16-26(28)32)41(38,39)25-14-7-21(4)8-15-25/h7-17,20,27H,6,18-19H2,1-5H3,(H,33,37). The number of ether oxygens (including phenoxy) is 1. The van der Waals surface area contributed by atoms with Crippen LogP contribution in [0.15, 0.2) is 71.6 Å². The first kappa shape index (κ1) is 32.2. The number of nitrogens with one attached hydrogen (secondary N) is 1. The van der Waals surface area contributed by atoms with Gasteiger partial charge in [-0.15, -0.1) is 0 Å². The van der Waals surface area contributed by atoms with Gasteiger partial charge in [0.25, 0.3) is 10.0 Å². The number of sulfonamides is 1. The third-order valence-corrected chi connectivity index (χ3v) is 8.72. The van der Waals surface area contributed by atoms with Gasteiger partial charge in [-0.2, -0.15) is 0 Å². The largest absolute Gasteiger partial charge is 0.497 e. The predicted octanol–water partition coefficient (Wildman–Crippen LogP) is 5.84. The van der Waals surface area contributed by atoms with Gasteiger partial charge in [0.1, 0.15) is 18.3 Å². The summed E-state index contributed by atoms with van der Waals surface area (Å²) in [6.45, 7) is 6.75. The molecule has 0 radical (unpaired) electrons. The molecule has 2 amide bonds. The number of nitrogens with zero attached hydrogens (tertiary/aromatic N) is 2. The van der Waals surface area contributed by atoms with E-state index in [2.05, 4.69) is 5.32 Å². The maximum absolute atomic E-state index is 14.1. The Morgan fingerprint density at radius 3 is 2.17 bits per heavy atom. The van der Waals surface area contributed by atoms with E-state index in [0.29, 0.717) is 12.2 Å². The van der Waals surface area contributed by atoms with Crippen LogP contribution in [0.5, 0.6) is 5.75 Å². The molecule has 0 aliphatic rings. The van der Waals surface area contributed by atoms with Crippen molar-refractivity contribution in [2.45, 2.75) is 57.6 Å². The summed E-state index contributed by atoms with van der Waals surface area (Å²) in [7, 11) is -2.71. The van der Waals surface area contributed by atoms with Crippen molar-refractivity contribution in [3.05, 3.63) is 87.9 Å². The molecule has 0 aliphatic carbocycles. The molecule has 0 saturated carbocycles. The Bertz CT molecular complexity index is 1460. The van der Waals surface area contributed by atoms with Crippen LogP contribution in [-0.2, 0) is 26.2 Å². The SMILES string of the molecule is CCC(C(=O)NC(C)C)N(Cc1ccc(OC)cc1)C(=O)CN(c1cc(Cl)ccc1Cl)S(=O)(=O)c1ccc(C)cc1. The quantitative estimate of drug-likeness (QED) is 0.275. The van der Waals surface area contributed by atoms with Crippen molar-refractivity contribution in [1.29, 1.82) is 0 Å². The van der Waals surface area contributed by atoms with E-state index in [4.69, 9.17) is 27.9 Å². The fraction of sp³-hybridized carbons (Fsp3) is 0.333. The second kappa shape index (κ2) is 14.1. The molecule has 3 rings (SSSR count). The molecule has 1 unspecified atom stereocenters. The van der Waals surface area contributed by atoms with Gasteiger partial charge in [0.2, 0.25) is 11.8 Å². The summed E-state index contributed by atoms with van der Waals surface area (Å²) >= 11 is 12.7. The number of anilines is 1. The van der Waals surface area contributed by atoms with Gasteiger partial charge in [-0.25, -0.2) is 8.42 Å². The zero-order valence-corrected chi connectivity index (χ0v) is 26.1. The van der Waals surface area contributed by atoms with Crippen molar-refractivity contribution < 1.29 is 22.7 Å². The van der Waals surface area contributed by atoms with Gasteiger partial charge < -0.3 is 15.0 Å². The van der Waals surface area contributed by atoms with E-state index in [-0.39, 0.29) is 39.1 Å². The molecule has 1 N–H and O–H groups in total. The van der Waals surface area contributed by atoms with Crippen molar-refractivity contribution in [1.82, 2.24) is 10.2 Å². The fourth-order valence-corrected chi connectivity index (χ4v) is 6.12. The minimum Gasteiger partial charge on any atom is -0.497 e. The molecule has 0 fully saturated rings. The summed E-state index contributed by atoms with van der Waals surface area (Å²) in [4.78, 5) is 28.7. The molecular formula is C30H35Cl2N3O5S. The van der Waals surface area contributed by atoms with Crippen LogP contribution in [0.4, 0.5) is 5.69 Å². The summed E-state index contributed by atoms with van der Waals surface area (Å²) in [6.07, 6.45) is 0.309. The van der Waals surface area contributed by atoms with Gasteiger partial charge in [-0.05, 0) is 75.2 Å². The predicted molar refractivity (Wildman–Crippen MR) is 163 cm³/mol. The first-order valence-corrected chi connectivity index (χ1v) is 15.3. The number of amides is 2. The number of halogens is 2. The number of hydrogen-bond acceptors (Lipinski definition) is 5. The van der Waals surface area contributed by atoms with Crippen LogP contribution < -0.4 is 14.4 Å². The Labute approximate surface area is 252 Å². The van der Waals surface area contributed by atoms with E-state index >= 15 is 0 Å². The summed E-state index contributed by atoms with van der Waals surface area (Å²) in [5.41, 5.74) is 1.67. The second-order valence-corrected chi connectivity index (χ2v) is 12.6. The van der Waals surface area contributed by atoms with Crippen molar-refractivity contribution in [3.8, 4) is 5.75 Å². The van der Waals surface area contributed by atoms with E-state index < -0.39 is 28.5 Å². The molecule has 3 aromatic carbocycles. The smallest absolute Gasteiger partial charge is 0.264 e. The Hall–Kier alpha value is -3.27. The van der Waals surface area contributed by atoms with E-state index in [9.17, 15) is 18.0 Å². The lowest BCUT2D eigenvalue weighted by Gasteiger charge is -2.33. The molecule has 41 heavy (non-hydrogen) atoms. The highest BCUT2D eigenvalue weighted by Gasteiger charge is 2.34. The molecule has 0 saturated heterocycles. The number of carbonyl (C=O) groups excluding carboxylic acids is 2. The number of benzene rings is 3. The summed E-state index contributed by atoms with van der Waals surface area (Å²) in [6, 6.07) is 16.8. The highest BCUT2D eigenvalue weighted by molar-refractivity contribution is 7.92. The minimum atomic E-state index is -4.27. The average molecular weight is 621 g/mol. The Balaban J connectivity index is 2.10. The van der Waals surface area contributed by atoms with Gasteiger partial charge in [0.05, 0.1) is 22.7 Å². The van der Waals surface area contributed by atoms with Crippen LogP contribution in [0.2, 0.25) is 10.0 Å². The number of hydrogen-bond donors (Lipinski definition) is 1. The molecular weight excluding hydrogens is 585 g/mol. The van der Waals surface area contributed by atoms with Crippen LogP contribution in [0.25, 0.3) is 0 Å². The molecule has 8 nitrogen and oxygen atoms in total. The molecule has 0 spiro atoms. The average Bonchev–Trinajstić information content (AvgIpc) is 2.93. The highest BCUT2D eigenvalue weighted by atomic mass is 35.5. The zero-order valence-electron chi connectivity index (χ0n) is 23.7. The Morgan fingerprint density at radius 2 is 1.61 bits per heavy atom. The van der Waals surface area contributed by atoms with Crippen LogP contribution in [-0.4, -0.2) is 50.9 Å². The molecule has 0 heterocycles. The normalized spacial score (nSPS) is 12.1. The molecule has 3 aromatic rings. The second-order valence-electron chi connectivity index (χ2n) is 9.88. The van der Waals surface area contributed by atoms with E-state index in [1.165, 1.54) is 35.2 Å². The molecule has 1 atom stereocenters. The molecule has 220 valence electrons. The van der Waals surface area contributed by atoms with E-state index in [0.717, 1.165) is 15.4 Å². The summed E-state index contributed by atoms with van der Waals surface area (Å²) < 4.78 is 34.1. The lowest BCUT2D eigenvalue weighted by Crippen LogP contribution is -2.53. The number of methoxy groups -OCH3 is 1. The molecule has 0 aromatic heterocycles. The first-order chi connectivity index (χ1) is 19.4. The summed E-state index contributed by atoms with van der Waals surface area (Å²) in [5.74, 6) is -0.279. The van der Waals surface area contributed by atoms with Gasteiger partial charge >= 0.3 is 0 Å². The first-order valence-electron chi connectivity index (χ1n) is 13.1. The number of carbonyl (C=O) groups is 2. The van der Waals surface area contributed by atoms with Gasteiger partial charge in [0.15, 0.2) is 0 Å². The van der Waals surface area contributed by atoms with Crippen molar-refractivity contribution >= 4 is 50.7 Å². The number of rotatable bonds is 12. The van der Waals surface area contributed by atoms with Crippen molar-refractivity contribution in [2.75, 3.05) is 18.0 Å². The van der Waals surface area contributed by atoms with Crippen LogP contribution in [0.3, 0.4) is 0 Å². The maximum Gasteiger partial charge on any atom is 0.264 e. The zero-order chi connectivity index (χ0) is 30.3. The highest BCUT2D eigenvalue weighted by Crippen LogP contribution is 2.33. The molecule has 11 heteroatoms. The lowest BCUT2D eigenvalue weighted by molar-refractivity contribution is -0.140. The van der Waals surface area contributed by atoms with Crippen LogP contribution in [0.1, 0.15) is 38.3 Å². The monoisotopic (exact) mass is 619 g/mol. The van der Waals surface area contributed by atoms with Crippen LogP contribution in [0, 0.1) is 6.92 Å². The van der Waals surface area contributed by atoms with E-state index in [1.807, 2.05) is 20.8 Å². The van der Waals surface area contributed by atoms with E-state index in [1.54, 1.807) is 50.4 Å². The van der Waals surface area contributed by atoms with Gasteiger partial charge in [-0.1, -0.05) is 60.0 Å². The number of aryl methyl sites for hydroxylation is 1. The maximum atomic E-state index is 14.1.